The lowest BCUT2D eigenvalue weighted by Crippen LogP contribution is -2.35. The molecule has 1 saturated heterocycles. The number of anilines is 1. The number of aromatic nitrogens is 1. The van der Waals surface area contributed by atoms with Gasteiger partial charge in [0.1, 0.15) is 5.25 Å². The van der Waals surface area contributed by atoms with E-state index in [1.807, 2.05) is 36.4 Å². The number of para-hydroxylation sites is 1. The topological polar surface area (TPSA) is 112 Å². The summed E-state index contributed by atoms with van der Waals surface area (Å²) in [7, 11) is -0.720. The third-order valence-corrected chi connectivity index (χ3v) is 8.57. The fourth-order valence-corrected chi connectivity index (χ4v) is 5.77. The zero-order valence-corrected chi connectivity index (χ0v) is 22.1. The van der Waals surface area contributed by atoms with Gasteiger partial charge in [-0.1, -0.05) is 42.1 Å². The second-order valence-electron chi connectivity index (χ2n) is 8.46. The van der Waals surface area contributed by atoms with Gasteiger partial charge in [-0.25, -0.2) is 17.7 Å². The van der Waals surface area contributed by atoms with Crippen LogP contribution in [0.5, 0.6) is 0 Å². The Hall–Kier alpha value is -3.54. The van der Waals surface area contributed by atoms with E-state index in [0.29, 0.717) is 29.5 Å². The molecule has 37 heavy (non-hydrogen) atoms. The van der Waals surface area contributed by atoms with Gasteiger partial charge in [0, 0.05) is 51.1 Å². The third kappa shape index (κ3) is 6.62. The molecule has 1 unspecified atom stereocenters. The second kappa shape index (κ2) is 11.7. The number of nitrogens with one attached hydrogen (secondary N) is 1. The Labute approximate surface area is 220 Å². The first-order chi connectivity index (χ1) is 17.7. The Morgan fingerprint density at radius 3 is 2.54 bits per heavy atom. The highest BCUT2D eigenvalue weighted by Gasteiger charge is 2.39. The van der Waals surface area contributed by atoms with Crippen LogP contribution in [0.25, 0.3) is 0 Å². The van der Waals surface area contributed by atoms with Crippen molar-refractivity contribution in [2.75, 3.05) is 26.0 Å². The number of carbonyl (C=O) groups excluding carboxylic acids is 2. The summed E-state index contributed by atoms with van der Waals surface area (Å²) >= 11 is 1.20. The number of carbonyl (C=O) groups is 2. The van der Waals surface area contributed by atoms with Gasteiger partial charge in [0.15, 0.2) is 5.17 Å². The van der Waals surface area contributed by atoms with Crippen molar-refractivity contribution in [1.29, 1.82) is 0 Å². The molecule has 1 aliphatic heterocycles. The maximum Gasteiger partial charge on any atom is 0.242 e. The molecule has 3 aromatic rings. The van der Waals surface area contributed by atoms with Crippen LogP contribution in [-0.4, -0.2) is 65.5 Å². The van der Waals surface area contributed by atoms with Crippen LogP contribution in [0, 0.1) is 0 Å². The Kier molecular flexibility index (Phi) is 8.37. The van der Waals surface area contributed by atoms with Crippen LogP contribution in [0.4, 0.5) is 11.4 Å². The molecule has 11 heteroatoms. The molecule has 2 amide bonds. The van der Waals surface area contributed by atoms with E-state index >= 15 is 0 Å². The number of aliphatic imine (C=N–C) groups is 1. The number of amides is 2. The maximum absolute atomic E-state index is 13.4. The van der Waals surface area contributed by atoms with Crippen molar-refractivity contribution in [2.45, 2.75) is 23.0 Å². The highest BCUT2D eigenvalue weighted by molar-refractivity contribution is 8.15. The molecule has 0 radical (unpaired) electrons. The largest absolute Gasteiger partial charge is 0.326 e. The molecule has 1 aromatic heterocycles. The van der Waals surface area contributed by atoms with Crippen molar-refractivity contribution in [3.63, 3.8) is 0 Å². The Balaban J connectivity index is 1.58. The van der Waals surface area contributed by atoms with Crippen LogP contribution in [0.2, 0.25) is 0 Å². The molecule has 1 N–H and O–H groups in total. The first kappa shape index (κ1) is 26.5. The Bertz CT molecular complexity index is 1400. The summed E-state index contributed by atoms with van der Waals surface area (Å²) in [6, 6.07) is 20.9. The summed E-state index contributed by atoms with van der Waals surface area (Å²) in [5.41, 5.74) is 1.88. The molecule has 2 heterocycles. The lowest BCUT2D eigenvalue weighted by molar-refractivity contribution is -0.128. The van der Waals surface area contributed by atoms with Crippen LogP contribution >= 0.6 is 11.8 Å². The molecule has 1 aliphatic rings. The quantitative estimate of drug-likeness (QED) is 0.447. The molecule has 0 aliphatic carbocycles. The fourth-order valence-electron chi connectivity index (χ4n) is 3.64. The van der Waals surface area contributed by atoms with Crippen molar-refractivity contribution in [1.82, 2.24) is 14.2 Å². The minimum atomic E-state index is -3.64. The summed E-state index contributed by atoms with van der Waals surface area (Å²) in [6.07, 6.45) is 2.18. The second-order valence-corrected chi connectivity index (χ2v) is 11.8. The van der Waals surface area contributed by atoms with Gasteiger partial charge >= 0.3 is 0 Å². The van der Waals surface area contributed by atoms with Crippen molar-refractivity contribution in [2.24, 2.45) is 4.99 Å². The van der Waals surface area contributed by atoms with Crippen LogP contribution in [0.3, 0.4) is 0 Å². The number of nitrogens with zero attached hydrogens (tertiary/aromatic N) is 4. The number of hydrogen-bond donors (Lipinski definition) is 1. The fraction of sp³-hybridized carbons (Fsp3) is 0.231. The Morgan fingerprint density at radius 2 is 1.84 bits per heavy atom. The molecule has 1 fully saturated rings. The molecule has 1 atom stereocenters. The average Bonchev–Trinajstić information content (AvgIpc) is 3.17. The van der Waals surface area contributed by atoms with Gasteiger partial charge in [0.05, 0.1) is 10.6 Å². The van der Waals surface area contributed by atoms with Gasteiger partial charge in [-0.05, 0) is 42.5 Å². The lowest BCUT2D eigenvalue weighted by Gasteiger charge is -2.16. The van der Waals surface area contributed by atoms with Gasteiger partial charge in [0.2, 0.25) is 21.8 Å². The number of benzene rings is 2. The van der Waals surface area contributed by atoms with E-state index < -0.39 is 15.3 Å². The molecular formula is C26H27N5O4S2. The highest BCUT2D eigenvalue weighted by Crippen LogP contribution is 2.32. The van der Waals surface area contributed by atoms with Gasteiger partial charge < -0.3 is 5.32 Å². The Morgan fingerprint density at radius 1 is 1.08 bits per heavy atom. The number of rotatable bonds is 9. The van der Waals surface area contributed by atoms with Crippen LogP contribution in [0.1, 0.15) is 12.1 Å². The van der Waals surface area contributed by atoms with E-state index in [4.69, 9.17) is 0 Å². The molecule has 9 nitrogen and oxygen atoms in total. The average molecular weight is 538 g/mol. The lowest BCUT2D eigenvalue weighted by atomic mass is 10.2. The van der Waals surface area contributed by atoms with Gasteiger partial charge in [-0.2, -0.15) is 0 Å². The van der Waals surface area contributed by atoms with E-state index in [1.54, 1.807) is 35.4 Å². The molecular weight excluding hydrogens is 510 g/mol. The van der Waals surface area contributed by atoms with Crippen LogP contribution in [-0.2, 0) is 26.0 Å². The summed E-state index contributed by atoms with van der Waals surface area (Å²) in [5.74, 6) is -0.498. The number of amidine groups is 1. The minimum Gasteiger partial charge on any atom is -0.326 e. The zero-order valence-electron chi connectivity index (χ0n) is 20.4. The molecule has 4 rings (SSSR count). The van der Waals surface area contributed by atoms with Crippen LogP contribution in [0.15, 0.2) is 88.9 Å². The summed E-state index contributed by atoms with van der Waals surface area (Å²) in [4.78, 5) is 36.6. The van der Waals surface area contributed by atoms with Crippen molar-refractivity contribution >= 4 is 50.1 Å². The number of hydrogen-bond acceptors (Lipinski definition) is 7. The van der Waals surface area contributed by atoms with E-state index in [9.17, 15) is 18.0 Å². The molecule has 0 spiro atoms. The van der Waals surface area contributed by atoms with E-state index in [-0.39, 0.29) is 23.1 Å². The van der Waals surface area contributed by atoms with Crippen molar-refractivity contribution in [3.8, 4) is 0 Å². The molecule has 192 valence electrons. The van der Waals surface area contributed by atoms with E-state index in [1.165, 1.54) is 38.0 Å². The normalized spacial score (nSPS) is 16.9. The number of thioether (sulfide) groups is 1. The first-order valence-electron chi connectivity index (χ1n) is 11.6. The molecule has 0 saturated carbocycles. The number of sulfonamides is 1. The monoisotopic (exact) mass is 537 g/mol. The molecule has 2 aromatic carbocycles. The zero-order chi connectivity index (χ0) is 26.4. The van der Waals surface area contributed by atoms with Gasteiger partial charge in [-0.15, -0.1) is 0 Å². The standard InChI is InChI=1S/C26H27N5O4S2/c1-30(2)37(34,35)22-13-8-12-21(17-22)29-26-31(16-14-19-9-6-7-15-27-19)25(33)23(36-26)18-24(32)28-20-10-4-3-5-11-20/h3-13,15,17,23H,14,16,18H2,1-2H3,(H,28,32). The van der Waals surface area contributed by atoms with Gasteiger partial charge in [-0.3, -0.25) is 19.5 Å². The predicted molar refractivity (Wildman–Crippen MR) is 145 cm³/mol. The highest BCUT2D eigenvalue weighted by atomic mass is 32.2. The van der Waals surface area contributed by atoms with E-state index in [2.05, 4.69) is 15.3 Å². The summed E-state index contributed by atoms with van der Waals surface area (Å²) < 4.78 is 26.3. The smallest absolute Gasteiger partial charge is 0.242 e. The molecule has 0 bridgehead atoms. The summed E-state index contributed by atoms with van der Waals surface area (Å²) in [5, 5.41) is 2.58. The third-order valence-electron chi connectivity index (χ3n) is 5.59. The maximum atomic E-state index is 13.4. The first-order valence-corrected chi connectivity index (χ1v) is 13.9. The van der Waals surface area contributed by atoms with E-state index in [0.717, 1.165) is 10.00 Å². The van der Waals surface area contributed by atoms with Crippen molar-refractivity contribution < 1.29 is 18.0 Å². The SMILES string of the molecule is CN(C)S(=O)(=O)c1cccc(N=C2SC(CC(=O)Nc3ccccc3)C(=O)N2CCc2ccccn2)c1. The van der Waals surface area contributed by atoms with Gasteiger partial charge in [0.25, 0.3) is 0 Å². The van der Waals surface area contributed by atoms with Crippen LogP contribution < -0.4 is 5.32 Å². The minimum absolute atomic E-state index is 0.0213. The number of pyridine rings is 1. The predicted octanol–water partition coefficient (Wildman–Crippen LogP) is 3.53. The van der Waals surface area contributed by atoms with Crippen molar-refractivity contribution in [3.05, 3.63) is 84.7 Å². The summed E-state index contributed by atoms with van der Waals surface area (Å²) in [6.45, 7) is 0.328.